The van der Waals surface area contributed by atoms with E-state index in [0.29, 0.717) is 11.1 Å². The van der Waals surface area contributed by atoms with Crippen molar-refractivity contribution in [3.8, 4) is 0 Å². The molecular formula is C31H43NO4. The highest BCUT2D eigenvalue weighted by molar-refractivity contribution is 6.08. The van der Waals surface area contributed by atoms with Crippen LogP contribution in [-0.2, 0) is 14.3 Å². The molecule has 196 valence electrons. The van der Waals surface area contributed by atoms with Crippen molar-refractivity contribution in [3.63, 3.8) is 0 Å². The van der Waals surface area contributed by atoms with Crippen LogP contribution in [0.4, 0.5) is 0 Å². The van der Waals surface area contributed by atoms with Gasteiger partial charge in [-0.05, 0) is 53.0 Å². The van der Waals surface area contributed by atoms with Crippen LogP contribution in [0.1, 0.15) is 102 Å². The number of piperidine rings is 1. The zero-order chi connectivity index (χ0) is 26.2. The number of ether oxygens (including phenoxy) is 2. The van der Waals surface area contributed by atoms with E-state index >= 15 is 0 Å². The van der Waals surface area contributed by atoms with Crippen molar-refractivity contribution in [2.45, 2.75) is 97.1 Å². The molecule has 0 saturated carbocycles. The van der Waals surface area contributed by atoms with Crippen molar-refractivity contribution in [2.75, 3.05) is 13.2 Å². The number of hydroxylamine groups is 2. The van der Waals surface area contributed by atoms with E-state index in [0.717, 1.165) is 44.5 Å². The van der Waals surface area contributed by atoms with Crippen molar-refractivity contribution in [1.29, 1.82) is 0 Å². The summed E-state index contributed by atoms with van der Waals surface area (Å²) in [6.07, 6.45) is 3.44. The topological polar surface area (TPSA) is 48.0 Å². The Morgan fingerprint density at radius 1 is 0.861 bits per heavy atom. The Balaban J connectivity index is 1.46. The maximum Gasteiger partial charge on any atom is 0.193 e. The first-order valence-electron chi connectivity index (χ1n) is 13.4. The minimum atomic E-state index is -0.580. The van der Waals surface area contributed by atoms with Crippen LogP contribution in [0.25, 0.3) is 0 Å². The van der Waals surface area contributed by atoms with Crippen LogP contribution < -0.4 is 0 Å². The Morgan fingerprint density at radius 2 is 1.36 bits per heavy atom. The quantitative estimate of drug-likeness (QED) is 0.385. The van der Waals surface area contributed by atoms with Gasteiger partial charge in [0.05, 0.1) is 13.2 Å². The molecule has 1 spiro atoms. The third kappa shape index (κ3) is 5.31. The van der Waals surface area contributed by atoms with E-state index in [1.807, 2.05) is 54.6 Å². The van der Waals surface area contributed by atoms with E-state index < -0.39 is 5.79 Å². The molecule has 0 aromatic heterocycles. The van der Waals surface area contributed by atoms with Crippen LogP contribution in [0, 0.1) is 5.41 Å². The van der Waals surface area contributed by atoms with E-state index in [-0.39, 0.29) is 28.4 Å². The van der Waals surface area contributed by atoms with Crippen molar-refractivity contribution in [1.82, 2.24) is 5.06 Å². The van der Waals surface area contributed by atoms with Crippen molar-refractivity contribution >= 4 is 5.78 Å². The first-order chi connectivity index (χ1) is 16.9. The Labute approximate surface area is 217 Å². The monoisotopic (exact) mass is 493 g/mol. The first kappa shape index (κ1) is 27.0. The van der Waals surface area contributed by atoms with E-state index in [1.165, 1.54) is 0 Å². The zero-order valence-corrected chi connectivity index (χ0v) is 23.1. The fraction of sp³-hybridized carbons (Fsp3) is 0.581. The van der Waals surface area contributed by atoms with Gasteiger partial charge in [-0.1, -0.05) is 68.4 Å². The predicted octanol–water partition coefficient (Wildman–Crippen LogP) is 7.11. The average molecular weight is 494 g/mol. The highest BCUT2D eigenvalue weighted by atomic mass is 16.7. The van der Waals surface area contributed by atoms with E-state index in [9.17, 15) is 4.79 Å². The van der Waals surface area contributed by atoms with E-state index in [2.05, 4.69) is 53.5 Å². The van der Waals surface area contributed by atoms with Gasteiger partial charge in [-0.15, -0.1) is 0 Å². The normalized spacial score (nSPS) is 23.3. The van der Waals surface area contributed by atoms with Crippen LogP contribution in [0.3, 0.4) is 0 Å². The molecule has 0 radical (unpaired) electrons. The molecule has 0 N–H and O–H groups in total. The van der Waals surface area contributed by atoms with Crippen molar-refractivity contribution in [3.05, 3.63) is 71.3 Å². The average Bonchev–Trinajstić information content (AvgIpc) is 2.86. The lowest BCUT2D eigenvalue weighted by atomic mass is 9.76. The van der Waals surface area contributed by atoms with Gasteiger partial charge in [0.25, 0.3) is 0 Å². The SMILES string of the molecule is CCC1(CC)COC2(CC(C)(C)N(OC(C)c3ccc(C(=O)c4ccccc4)cc3)C(C)(C)C2)OC1. The van der Waals surface area contributed by atoms with Gasteiger partial charge in [0.1, 0.15) is 6.10 Å². The lowest BCUT2D eigenvalue weighted by Gasteiger charge is -2.60. The van der Waals surface area contributed by atoms with Crippen LogP contribution in [0.5, 0.6) is 0 Å². The number of ketones is 1. The predicted molar refractivity (Wildman–Crippen MR) is 143 cm³/mol. The molecule has 2 aromatic carbocycles. The number of rotatable bonds is 7. The molecule has 5 heteroatoms. The Hall–Kier alpha value is -2.05. The van der Waals surface area contributed by atoms with Crippen molar-refractivity contribution < 1.29 is 19.1 Å². The molecule has 0 aliphatic carbocycles. The lowest BCUT2D eigenvalue weighted by Crippen LogP contribution is -2.68. The summed E-state index contributed by atoms with van der Waals surface area (Å²) in [7, 11) is 0. The van der Waals surface area contributed by atoms with Gasteiger partial charge in [-0.2, -0.15) is 5.06 Å². The molecular weight excluding hydrogens is 450 g/mol. The molecule has 2 aliphatic rings. The Bertz CT molecular complexity index is 1010. The first-order valence-corrected chi connectivity index (χ1v) is 13.4. The van der Waals surface area contributed by atoms with Gasteiger partial charge in [0.2, 0.25) is 0 Å². The summed E-state index contributed by atoms with van der Waals surface area (Å²) >= 11 is 0. The Kier molecular flexibility index (Phi) is 7.51. The number of hydrogen-bond acceptors (Lipinski definition) is 5. The van der Waals surface area contributed by atoms with Gasteiger partial charge in [-0.3, -0.25) is 9.63 Å². The largest absolute Gasteiger partial charge is 0.349 e. The molecule has 5 nitrogen and oxygen atoms in total. The smallest absolute Gasteiger partial charge is 0.193 e. The minimum Gasteiger partial charge on any atom is -0.349 e. The zero-order valence-electron chi connectivity index (χ0n) is 23.1. The second-order valence-electron chi connectivity index (χ2n) is 12.0. The fourth-order valence-electron chi connectivity index (χ4n) is 6.02. The second kappa shape index (κ2) is 10.0. The summed E-state index contributed by atoms with van der Waals surface area (Å²) in [4.78, 5) is 19.4. The molecule has 4 rings (SSSR count). The Morgan fingerprint density at radius 3 is 1.86 bits per heavy atom. The van der Waals surface area contributed by atoms with Gasteiger partial charge >= 0.3 is 0 Å². The summed E-state index contributed by atoms with van der Waals surface area (Å²) in [5.74, 6) is -0.550. The molecule has 2 fully saturated rings. The second-order valence-corrected chi connectivity index (χ2v) is 12.0. The molecule has 2 aliphatic heterocycles. The standard InChI is InChI=1S/C31H43NO4/c1-8-30(9-2)21-34-31(35-22-30)19-28(4,5)32(29(6,7)20-31)36-23(3)24-15-17-26(18-16-24)27(33)25-13-11-10-12-14-25/h10-18,23H,8-9,19-22H2,1-7H3. The highest BCUT2D eigenvalue weighted by Gasteiger charge is 2.57. The van der Waals surface area contributed by atoms with Crippen LogP contribution in [0.2, 0.25) is 0 Å². The third-order valence-electron chi connectivity index (χ3n) is 8.23. The van der Waals surface area contributed by atoms with Gasteiger partial charge in [-0.25, -0.2) is 0 Å². The molecule has 2 heterocycles. The highest BCUT2D eigenvalue weighted by Crippen LogP contribution is 2.50. The third-order valence-corrected chi connectivity index (χ3v) is 8.23. The number of carbonyl (C=O) groups is 1. The summed E-state index contributed by atoms with van der Waals surface area (Å²) in [6.45, 7) is 16.8. The molecule has 36 heavy (non-hydrogen) atoms. The molecule has 2 aromatic rings. The summed E-state index contributed by atoms with van der Waals surface area (Å²) in [5.41, 5.74) is 1.94. The number of benzene rings is 2. The van der Waals surface area contributed by atoms with E-state index in [4.69, 9.17) is 14.3 Å². The van der Waals surface area contributed by atoms with Gasteiger partial charge in [0.15, 0.2) is 11.6 Å². The molecule has 0 amide bonds. The number of hydrogen-bond donors (Lipinski definition) is 0. The van der Waals surface area contributed by atoms with Crippen LogP contribution in [-0.4, -0.2) is 40.9 Å². The molecule has 2 saturated heterocycles. The lowest BCUT2D eigenvalue weighted by molar-refractivity contribution is -0.390. The van der Waals surface area contributed by atoms with E-state index in [1.54, 1.807) is 0 Å². The fourth-order valence-corrected chi connectivity index (χ4v) is 6.02. The number of carbonyl (C=O) groups excluding carboxylic acids is 1. The summed E-state index contributed by atoms with van der Waals surface area (Å²) in [5, 5.41) is 2.15. The summed E-state index contributed by atoms with van der Waals surface area (Å²) in [6, 6.07) is 17.2. The molecule has 1 atom stereocenters. The van der Waals surface area contributed by atoms with Crippen LogP contribution in [0.15, 0.2) is 54.6 Å². The molecule has 0 bridgehead atoms. The van der Waals surface area contributed by atoms with Gasteiger partial charge < -0.3 is 9.47 Å². The summed E-state index contributed by atoms with van der Waals surface area (Å²) < 4.78 is 13.1. The van der Waals surface area contributed by atoms with Crippen LogP contribution >= 0.6 is 0 Å². The maximum atomic E-state index is 12.8. The maximum absolute atomic E-state index is 12.8. The van der Waals surface area contributed by atoms with Crippen molar-refractivity contribution in [2.24, 2.45) is 5.41 Å². The molecule has 1 unspecified atom stereocenters. The van der Waals surface area contributed by atoms with Gasteiger partial charge in [0, 0.05) is 40.5 Å². The number of nitrogens with zero attached hydrogens (tertiary/aromatic N) is 1. The minimum absolute atomic E-state index is 0.0296.